The normalized spacial score (nSPS) is 17.1. The minimum Gasteiger partial charge on any atom is -0.466 e. The van der Waals surface area contributed by atoms with Crippen molar-refractivity contribution in [1.29, 1.82) is 0 Å². The van der Waals surface area contributed by atoms with Gasteiger partial charge in [0.05, 0.1) is 35.8 Å². The van der Waals surface area contributed by atoms with Crippen LogP contribution in [0.15, 0.2) is 29.2 Å². The highest BCUT2D eigenvalue weighted by Gasteiger charge is 2.52. The topological polar surface area (TPSA) is 99.1 Å². The number of hydrogen-bond donors (Lipinski definition) is 1. The molecule has 1 unspecified atom stereocenters. The third-order valence-electron chi connectivity index (χ3n) is 8.83. The number of nitrogens with zero attached hydrogens (tertiary/aromatic N) is 2. The number of likely N-dealkylation sites (N-methyl/N-ethyl adjacent to an activating group) is 1. The number of pyridine rings is 1. The second kappa shape index (κ2) is 15.1. The molecule has 1 aliphatic heterocycles. The van der Waals surface area contributed by atoms with E-state index in [4.69, 9.17) is 14.0 Å². The van der Waals surface area contributed by atoms with Crippen LogP contribution in [-0.2, 0) is 36.2 Å². The van der Waals surface area contributed by atoms with E-state index in [0.29, 0.717) is 11.5 Å². The largest absolute Gasteiger partial charge is 0.494 e. The number of amides is 1. The van der Waals surface area contributed by atoms with Crippen molar-refractivity contribution in [2.45, 2.75) is 104 Å². The average molecular weight is 682 g/mol. The fourth-order valence-electron chi connectivity index (χ4n) is 5.52. The van der Waals surface area contributed by atoms with Gasteiger partial charge in [0, 0.05) is 24.4 Å². The first-order chi connectivity index (χ1) is 22.1. The standard InChI is InChI=1S/C34H48BF4N3O6/c1-11-46-29(44)18-26(24-16-23(15-21(4)30(24)36)35-47-32(5,6)33(7,8)48-35)40-31(45)27(14-20(2)3)42-19-22(12-13-41(9)10)25(17-28(42)43)34(37,38)39/h15-17,19-20,26-27H,11-14,18H2,1-10H3,(H,40,45)/t26-,27?/m0/s1. The maximum absolute atomic E-state index is 15.9. The molecule has 0 bridgehead atoms. The van der Waals surface area contributed by atoms with Crippen LogP contribution >= 0.6 is 0 Å². The third-order valence-corrected chi connectivity index (χ3v) is 8.83. The third kappa shape index (κ3) is 9.26. The number of ether oxygens (including phenoxy) is 1. The van der Waals surface area contributed by atoms with Crippen molar-refractivity contribution in [3.05, 3.63) is 62.8 Å². The van der Waals surface area contributed by atoms with Gasteiger partial charge in [-0.15, -0.1) is 0 Å². The van der Waals surface area contributed by atoms with Crippen LogP contribution < -0.4 is 16.3 Å². The number of nitrogens with one attached hydrogen (secondary N) is 1. The molecule has 266 valence electrons. The summed E-state index contributed by atoms with van der Waals surface area (Å²) in [4.78, 5) is 41.8. The van der Waals surface area contributed by atoms with Crippen molar-refractivity contribution in [2.24, 2.45) is 5.92 Å². The molecule has 1 saturated heterocycles. The Morgan fingerprint density at radius 3 is 2.21 bits per heavy atom. The number of rotatable bonds is 13. The van der Waals surface area contributed by atoms with Crippen LogP contribution in [0.1, 0.15) is 95.6 Å². The van der Waals surface area contributed by atoms with Gasteiger partial charge in [-0.1, -0.05) is 26.0 Å². The summed E-state index contributed by atoms with van der Waals surface area (Å²) in [5.41, 5.74) is -2.95. The molecule has 1 fully saturated rings. The van der Waals surface area contributed by atoms with Crippen LogP contribution in [0.25, 0.3) is 0 Å². The van der Waals surface area contributed by atoms with Crippen LogP contribution in [0.3, 0.4) is 0 Å². The summed E-state index contributed by atoms with van der Waals surface area (Å²) in [6.45, 7) is 14.6. The van der Waals surface area contributed by atoms with Crippen molar-refractivity contribution in [3.63, 3.8) is 0 Å². The van der Waals surface area contributed by atoms with Gasteiger partial charge in [0.1, 0.15) is 11.9 Å². The van der Waals surface area contributed by atoms with Crippen LogP contribution in [0, 0.1) is 18.7 Å². The highest BCUT2D eigenvalue weighted by Crippen LogP contribution is 2.37. The van der Waals surface area contributed by atoms with Gasteiger partial charge in [-0.3, -0.25) is 14.4 Å². The summed E-state index contributed by atoms with van der Waals surface area (Å²) in [5, 5.41) is 2.74. The van der Waals surface area contributed by atoms with Crippen LogP contribution in [-0.4, -0.2) is 66.9 Å². The summed E-state index contributed by atoms with van der Waals surface area (Å²) in [7, 11) is 2.56. The van der Waals surface area contributed by atoms with E-state index in [1.54, 1.807) is 45.8 Å². The first-order valence-electron chi connectivity index (χ1n) is 16.2. The maximum atomic E-state index is 15.9. The smallest absolute Gasteiger partial charge is 0.466 e. The van der Waals surface area contributed by atoms with E-state index in [0.717, 1.165) is 10.8 Å². The fraction of sp³-hybridized carbons (Fsp3) is 0.618. The number of esters is 1. The van der Waals surface area contributed by atoms with Crippen molar-refractivity contribution in [3.8, 4) is 0 Å². The van der Waals surface area contributed by atoms with Crippen LogP contribution in [0.5, 0.6) is 0 Å². The lowest BCUT2D eigenvalue weighted by Crippen LogP contribution is -2.41. The molecule has 3 rings (SSSR count). The lowest BCUT2D eigenvalue weighted by Gasteiger charge is -2.32. The van der Waals surface area contributed by atoms with Gasteiger partial charge in [-0.2, -0.15) is 13.2 Å². The average Bonchev–Trinajstić information content (AvgIpc) is 3.17. The zero-order chi connectivity index (χ0) is 36.4. The second-order valence-corrected chi connectivity index (χ2v) is 14.1. The Kier molecular flexibility index (Phi) is 12.4. The Labute approximate surface area is 280 Å². The number of alkyl halides is 3. The molecule has 2 atom stereocenters. The van der Waals surface area contributed by atoms with E-state index in [-0.39, 0.29) is 48.6 Å². The first-order valence-corrected chi connectivity index (χ1v) is 16.2. The molecule has 1 aliphatic rings. The number of benzene rings is 1. The molecule has 48 heavy (non-hydrogen) atoms. The Morgan fingerprint density at radius 1 is 1.08 bits per heavy atom. The lowest BCUT2D eigenvalue weighted by molar-refractivity contribution is -0.144. The van der Waals surface area contributed by atoms with Gasteiger partial charge in [0.2, 0.25) is 5.91 Å². The minimum absolute atomic E-state index is 0.0280. The van der Waals surface area contributed by atoms with Gasteiger partial charge >= 0.3 is 19.3 Å². The first kappa shape index (κ1) is 39.2. The van der Waals surface area contributed by atoms with E-state index in [2.05, 4.69) is 5.32 Å². The van der Waals surface area contributed by atoms with Crippen molar-refractivity contribution in [1.82, 2.24) is 14.8 Å². The van der Waals surface area contributed by atoms with E-state index in [1.807, 2.05) is 27.7 Å². The molecular formula is C34H48BF4N3O6. The summed E-state index contributed by atoms with van der Waals surface area (Å²) < 4.78 is 76.3. The molecule has 0 saturated carbocycles. The molecule has 2 heterocycles. The quantitative estimate of drug-likeness (QED) is 0.178. The summed E-state index contributed by atoms with van der Waals surface area (Å²) in [6.07, 6.45) is -4.10. The number of aryl methyl sites for hydroxylation is 1. The number of aromatic nitrogens is 1. The van der Waals surface area contributed by atoms with E-state index in [9.17, 15) is 27.6 Å². The van der Waals surface area contributed by atoms with E-state index >= 15 is 4.39 Å². The van der Waals surface area contributed by atoms with Gasteiger partial charge in [-0.25, -0.2) is 4.39 Å². The molecule has 2 aromatic rings. The van der Waals surface area contributed by atoms with Crippen LogP contribution in [0.4, 0.5) is 17.6 Å². The lowest BCUT2D eigenvalue weighted by atomic mass is 9.76. The molecule has 1 N–H and O–H groups in total. The zero-order valence-electron chi connectivity index (χ0n) is 29.5. The molecule has 0 spiro atoms. The second-order valence-electron chi connectivity index (χ2n) is 14.1. The SMILES string of the molecule is CCOC(=O)C[C@H](NC(=O)C(CC(C)C)n1cc(CCN(C)C)c(C(F)(F)F)cc1=O)c1cc(B2OC(C)(C)C(C)(C)O2)cc(C)c1F. The molecule has 1 aromatic heterocycles. The highest BCUT2D eigenvalue weighted by atomic mass is 19.4. The van der Waals surface area contributed by atoms with Crippen molar-refractivity contribution in [2.75, 3.05) is 27.2 Å². The van der Waals surface area contributed by atoms with E-state index in [1.165, 1.54) is 13.0 Å². The van der Waals surface area contributed by atoms with Gasteiger partial charge in [0.25, 0.3) is 5.56 Å². The molecule has 1 amide bonds. The van der Waals surface area contributed by atoms with Crippen molar-refractivity contribution < 1.29 is 41.2 Å². The molecule has 1 aromatic carbocycles. The summed E-state index contributed by atoms with van der Waals surface area (Å²) >= 11 is 0. The number of carbonyl (C=O) groups excluding carboxylic acids is 2. The molecule has 0 radical (unpaired) electrons. The van der Waals surface area contributed by atoms with Gasteiger partial charge < -0.3 is 28.8 Å². The summed E-state index contributed by atoms with van der Waals surface area (Å²) in [5.74, 6) is -2.33. The Bertz CT molecular complexity index is 1520. The molecule has 0 aliphatic carbocycles. The predicted molar refractivity (Wildman–Crippen MR) is 175 cm³/mol. The molecular weight excluding hydrogens is 633 g/mol. The predicted octanol–water partition coefficient (Wildman–Crippen LogP) is 5.12. The van der Waals surface area contributed by atoms with Gasteiger partial charge in [-0.05, 0) is 91.0 Å². The zero-order valence-corrected chi connectivity index (χ0v) is 29.5. The Balaban J connectivity index is 2.12. The van der Waals surface area contributed by atoms with Crippen LogP contribution in [0.2, 0.25) is 0 Å². The molecule has 9 nitrogen and oxygen atoms in total. The monoisotopic (exact) mass is 681 g/mol. The highest BCUT2D eigenvalue weighted by molar-refractivity contribution is 6.62. The number of halogens is 4. The maximum Gasteiger partial charge on any atom is 0.494 e. The molecule has 14 heteroatoms. The number of hydrogen-bond acceptors (Lipinski definition) is 7. The Morgan fingerprint density at radius 2 is 1.69 bits per heavy atom. The number of carbonyl (C=O) groups is 2. The van der Waals surface area contributed by atoms with Crippen molar-refractivity contribution >= 4 is 24.5 Å². The van der Waals surface area contributed by atoms with Gasteiger partial charge in [0.15, 0.2) is 0 Å². The fourth-order valence-corrected chi connectivity index (χ4v) is 5.52. The summed E-state index contributed by atoms with van der Waals surface area (Å²) in [6, 6.07) is 1.03. The van der Waals surface area contributed by atoms with E-state index < -0.39 is 71.8 Å². The Hall–Kier alpha value is -3.23. The minimum atomic E-state index is -4.78.